The van der Waals surface area contributed by atoms with Gasteiger partial charge in [-0.25, -0.2) is 0 Å². The third-order valence-corrected chi connectivity index (χ3v) is 5.77. The molecule has 4 rings (SSSR count). The molecule has 0 unspecified atom stereocenters. The first kappa shape index (κ1) is 17.9. The van der Waals surface area contributed by atoms with E-state index < -0.39 is 0 Å². The Morgan fingerprint density at radius 3 is 2.59 bits per heavy atom. The highest BCUT2D eigenvalue weighted by Gasteiger charge is 2.23. The molecule has 1 N–H and O–H groups in total. The summed E-state index contributed by atoms with van der Waals surface area (Å²) in [5, 5.41) is 20.7. The van der Waals surface area contributed by atoms with E-state index in [1.54, 1.807) is 6.07 Å². The molecule has 0 spiro atoms. The summed E-state index contributed by atoms with van der Waals surface area (Å²) in [6.45, 7) is 8.45. The highest BCUT2D eigenvalue weighted by molar-refractivity contribution is 5.90. The molecule has 0 amide bonds. The third kappa shape index (κ3) is 3.30. The zero-order chi connectivity index (χ0) is 19.1. The van der Waals surface area contributed by atoms with Crippen LogP contribution >= 0.6 is 0 Å². The molecule has 2 aromatic carbocycles. The number of likely N-dealkylation sites (tertiary alicyclic amines) is 1. The smallest absolute Gasteiger partial charge is 0.125 e. The average Bonchev–Trinajstić information content (AvgIpc) is 2.63. The second-order valence-electron chi connectivity index (χ2n) is 8.05. The Morgan fingerprint density at radius 2 is 1.85 bits per heavy atom. The fraction of sp³-hybridized carbons (Fsp3) is 0.391. The van der Waals surface area contributed by atoms with Gasteiger partial charge in [0.05, 0.1) is 5.52 Å². The number of rotatable bonds is 2. The number of phenols is 1. The number of aryl methyl sites for hydroxylation is 3. The first-order valence-electron chi connectivity index (χ1n) is 9.70. The summed E-state index contributed by atoms with van der Waals surface area (Å²) >= 11 is 0. The predicted molar refractivity (Wildman–Crippen MR) is 110 cm³/mol. The van der Waals surface area contributed by atoms with Gasteiger partial charge >= 0.3 is 0 Å². The van der Waals surface area contributed by atoms with E-state index in [1.807, 2.05) is 19.1 Å². The largest absolute Gasteiger partial charge is 0.507 e. The minimum Gasteiger partial charge on any atom is -0.507 e. The number of piperidine rings is 1. The Bertz CT molecular complexity index is 1010. The van der Waals surface area contributed by atoms with Gasteiger partial charge in [-0.05, 0) is 88.0 Å². The number of hydrogen-bond acceptors (Lipinski definition) is 4. The van der Waals surface area contributed by atoms with Crippen molar-refractivity contribution in [2.45, 2.75) is 39.5 Å². The number of likely N-dealkylation sites (N-methyl/N-ethyl adjacent to an activating group) is 1. The highest BCUT2D eigenvalue weighted by atomic mass is 16.3. The van der Waals surface area contributed by atoms with Crippen LogP contribution in [0.3, 0.4) is 0 Å². The molecule has 140 valence electrons. The molecule has 1 aliphatic heterocycles. The van der Waals surface area contributed by atoms with Crippen molar-refractivity contribution in [3.8, 4) is 17.0 Å². The first-order valence-corrected chi connectivity index (χ1v) is 9.70. The second-order valence-corrected chi connectivity index (χ2v) is 8.05. The van der Waals surface area contributed by atoms with Crippen LogP contribution in [0.2, 0.25) is 0 Å². The lowest BCUT2D eigenvalue weighted by Gasteiger charge is -2.30. The highest BCUT2D eigenvalue weighted by Crippen LogP contribution is 2.37. The van der Waals surface area contributed by atoms with Crippen molar-refractivity contribution in [3.63, 3.8) is 0 Å². The van der Waals surface area contributed by atoms with E-state index in [-0.39, 0.29) is 5.75 Å². The van der Waals surface area contributed by atoms with E-state index >= 15 is 0 Å². The Hall–Kier alpha value is -2.46. The zero-order valence-electron chi connectivity index (χ0n) is 16.6. The Balaban J connectivity index is 1.88. The molecule has 1 aliphatic rings. The number of benzene rings is 2. The van der Waals surface area contributed by atoms with Crippen LogP contribution in [0.5, 0.6) is 5.75 Å². The van der Waals surface area contributed by atoms with Gasteiger partial charge < -0.3 is 10.0 Å². The van der Waals surface area contributed by atoms with E-state index in [9.17, 15) is 5.11 Å². The normalized spacial score (nSPS) is 18.1. The van der Waals surface area contributed by atoms with E-state index in [4.69, 9.17) is 0 Å². The molecule has 2 heterocycles. The van der Waals surface area contributed by atoms with Crippen molar-refractivity contribution in [2.24, 2.45) is 0 Å². The Labute approximate surface area is 160 Å². The Kier molecular flexibility index (Phi) is 4.60. The van der Waals surface area contributed by atoms with Gasteiger partial charge in [0.1, 0.15) is 11.4 Å². The van der Waals surface area contributed by atoms with Gasteiger partial charge in [0, 0.05) is 17.5 Å². The third-order valence-electron chi connectivity index (χ3n) is 5.77. The number of phenolic OH excluding ortho intramolecular Hbond substituents is 1. The van der Waals surface area contributed by atoms with Gasteiger partial charge in [-0.2, -0.15) is 0 Å². The number of fused-ring (bicyclic) bond motifs is 1. The van der Waals surface area contributed by atoms with Crippen molar-refractivity contribution in [1.82, 2.24) is 15.1 Å². The van der Waals surface area contributed by atoms with Gasteiger partial charge in [0.15, 0.2) is 0 Å². The van der Waals surface area contributed by atoms with Crippen LogP contribution < -0.4 is 0 Å². The van der Waals surface area contributed by atoms with Crippen molar-refractivity contribution in [3.05, 3.63) is 52.6 Å². The van der Waals surface area contributed by atoms with Crippen molar-refractivity contribution < 1.29 is 5.11 Å². The molecule has 27 heavy (non-hydrogen) atoms. The van der Waals surface area contributed by atoms with Crippen LogP contribution in [0, 0.1) is 20.8 Å². The van der Waals surface area contributed by atoms with E-state index in [0.717, 1.165) is 39.8 Å². The minimum atomic E-state index is 0.258. The molecular formula is C23H27N3O. The summed E-state index contributed by atoms with van der Waals surface area (Å²) in [5.41, 5.74) is 7.18. The summed E-state index contributed by atoms with van der Waals surface area (Å²) in [4.78, 5) is 2.40. The number of hydrogen-bond donors (Lipinski definition) is 1. The molecule has 1 fully saturated rings. The quantitative estimate of drug-likeness (QED) is 0.716. The number of nitrogens with zero attached hydrogens (tertiary/aromatic N) is 3. The molecule has 0 aliphatic carbocycles. The molecule has 3 aromatic rings. The molecule has 0 bridgehead atoms. The SMILES string of the molecule is Cc1ccc(-c2nnc3c([C@@H]4CCCN(C)C4)cc(C)cc3c2C)c(O)c1. The summed E-state index contributed by atoms with van der Waals surface area (Å²) in [6.07, 6.45) is 2.42. The summed E-state index contributed by atoms with van der Waals surface area (Å²) in [7, 11) is 2.19. The average molecular weight is 361 g/mol. The maximum absolute atomic E-state index is 10.4. The van der Waals surface area contributed by atoms with Crippen LogP contribution in [0.25, 0.3) is 22.2 Å². The zero-order valence-corrected chi connectivity index (χ0v) is 16.6. The van der Waals surface area contributed by atoms with E-state index in [1.165, 1.54) is 30.5 Å². The van der Waals surface area contributed by atoms with Crippen molar-refractivity contribution in [2.75, 3.05) is 20.1 Å². The maximum Gasteiger partial charge on any atom is 0.125 e. The molecule has 0 saturated carbocycles. The fourth-order valence-electron chi connectivity index (χ4n) is 4.34. The first-order chi connectivity index (χ1) is 12.9. The summed E-state index contributed by atoms with van der Waals surface area (Å²) < 4.78 is 0. The molecule has 1 aromatic heterocycles. The van der Waals surface area contributed by atoms with Gasteiger partial charge in [-0.1, -0.05) is 17.7 Å². The lowest BCUT2D eigenvalue weighted by molar-refractivity contribution is 0.251. The van der Waals surface area contributed by atoms with Crippen LogP contribution in [0.15, 0.2) is 30.3 Å². The molecule has 1 saturated heterocycles. The van der Waals surface area contributed by atoms with Crippen molar-refractivity contribution in [1.29, 1.82) is 0 Å². The molecule has 1 atom stereocenters. The summed E-state index contributed by atoms with van der Waals surface area (Å²) in [5.74, 6) is 0.756. The van der Waals surface area contributed by atoms with Gasteiger partial charge in [-0.15, -0.1) is 10.2 Å². The fourth-order valence-corrected chi connectivity index (χ4v) is 4.34. The van der Waals surface area contributed by atoms with Crippen LogP contribution in [0.4, 0.5) is 0 Å². The Morgan fingerprint density at radius 1 is 1.04 bits per heavy atom. The molecule has 4 nitrogen and oxygen atoms in total. The topological polar surface area (TPSA) is 49.2 Å². The lowest BCUT2D eigenvalue weighted by atomic mass is 9.87. The van der Waals surface area contributed by atoms with Gasteiger partial charge in [0.2, 0.25) is 0 Å². The van der Waals surface area contributed by atoms with Gasteiger partial charge in [-0.3, -0.25) is 0 Å². The summed E-state index contributed by atoms with van der Waals surface area (Å²) in [6, 6.07) is 10.2. The van der Waals surface area contributed by atoms with Crippen LogP contribution in [-0.4, -0.2) is 40.3 Å². The lowest BCUT2D eigenvalue weighted by Crippen LogP contribution is -2.31. The predicted octanol–water partition coefficient (Wildman–Crippen LogP) is 4.74. The minimum absolute atomic E-state index is 0.258. The van der Waals surface area contributed by atoms with E-state index in [2.05, 4.69) is 48.1 Å². The maximum atomic E-state index is 10.4. The van der Waals surface area contributed by atoms with Crippen molar-refractivity contribution >= 4 is 10.9 Å². The molecule has 4 heteroatoms. The second kappa shape index (κ2) is 6.93. The standard InChI is InChI=1S/C23H27N3O/c1-14-7-8-18(21(27)12-14)22-16(3)19-10-15(2)11-20(23(19)25-24-22)17-6-5-9-26(4)13-17/h7-8,10-12,17,27H,5-6,9,13H2,1-4H3/t17-/m1/s1. The van der Waals surface area contributed by atoms with Gasteiger partial charge in [0.25, 0.3) is 0 Å². The number of aromatic nitrogens is 2. The monoisotopic (exact) mass is 361 g/mol. The number of aromatic hydroxyl groups is 1. The van der Waals surface area contributed by atoms with E-state index in [0.29, 0.717) is 5.92 Å². The molecular weight excluding hydrogens is 334 g/mol. The van der Waals surface area contributed by atoms with Crippen LogP contribution in [-0.2, 0) is 0 Å². The molecule has 0 radical (unpaired) electrons. The van der Waals surface area contributed by atoms with Crippen LogP contribution in [0.1, 0.15) is 41.0 Å².